The van der Waals surface area contributed by atoms with Gasteiger partial charge in [-0.2, -0.15) is 0 Å². The van der Waals surface area contributed by atoms with Gasteiger partial charge < -0.3 is 15.3 Å². The van der Waals surface area contributed by atoms with Crippen molar-refractivity contribution in [3.05, 3.63) is 0 Å². The Kier molecular flexibility index (Phi) is 5.46. The van der Waals surface area contributed by atoms with Gasteiger partial charge in [0.2, 0.25) is 0 Å². The molecule has 3 nitrogen and oxygen atoms in total. The van der Waals surface area contributed by atoms with Crippen molar-refractivity contribution in [3.63, 3.8) is 0 Å². The summed E-state index contributed by atoms with van der Waals surface area (Å²) in [6.07, 6.45) is 9.74. The Balaban J connectivity index is 1.69. The number of hydrogen-bond donors (Lipinski definition) is 2. The highest BCUT2D eigenvalue weighted by Gasteiger charge is 2.32. The largest absolute Gasteiger partial charge is 0.389 e. The molecule has 0 atom stereocenters. The van der Waals surface area contributed by atoms with Crippen LogP contribution in [0.15, 0.2) is 0 Å². The normalized spacial score (nSPS) is 26.3. The van der Waals surface area contributed by atoms with Crippen LogP contribution in [0.1, 0.15) is 51.4 Å². The molecular weight excluding hydrogens is 224 g/mol. The lowest BCUT2D eigenvalue weighted by molar-refractivity contribution is -0.0328. The standard InChI is InChI=1S/C15H30N2O/c1-16-10-5-14-6-11-17(12-7-14)13-15(18)8-3-2-4-9-15/h14,16,18H,2-13H2,1H3. The molecule has 0 unspecified atom stereocenters. The van der Waals surface area contributed by atoms with Gasteiger partial charge in [0.05, 0.1) is 5.60 Å². The summed E-state index contributed by atoms with van der Waals surface area (Å²) < 4.78 is 0. The van der Waals surface area contributed by atoms with Crippen molar-refractivity contribution in [2.24, 2.45) is 5.92 Å². The van der Waals surface area contributed by atoms with E-state index in [4.69, 9.17) is 0 Å². The van der Waals surface area contributed by atoms with Crippen LogP contribution in [0.5, 0.6) is 0 Å². The van der Waals surface area contributed by atoms with Crippen LogP contribution in [0.4, 0.5) is 0 Å². The molecule has 1 aliphatic heterocycles. The average molecular weight is 254 g/mol. The second-order valence-electron chi connectivity index (χ2n) is 6.40. The van der Waals surface area contributed by atoms with E-state index in [1.54, 1.807) is 0 Å². The number of nitrogens with one attached hydrogen (secondary N) is 1. The van der Waals surface area contributed by atoms with Gasteiger partial charge in [0.15, 0.2) is 0 Å². The molecule has 0 amide bonds. The zero-order valence-corrected chi connectivity index (χ0v) is 12.0. The summed E-state index contributed by atoms with van der Waals surface area (Å²) in [6, 6.07) is 0. The molecule has 18 heavy (non-hydrogen) atoms. The van der Waals surface area contributed by atoms with Crippen LogP contribution in [0.3, 0.4) is 0 Å². The molecule has 0 aromatic heterocycles. The molecule has 2 rings (SSSR count). The van der Waals surface area contributed by atoms with Gasteiger partial charge in [0.25, 0.3) is 0 Å². The van der Waals surface area contributed by atoms with E-state index in [1.165, 1.54) is 51.6 Å². The molecule has 1 saturated heterocycles. The molecule has 106 valence electrons. The topological polar surface area (TPSA) is 35.5 Å². The Morgan fingerprint density at radius 2 is 1.83 bits per heavy atom. The molecule has 1 aliphatic carbocycles. The zero-order chi connectivity index (χ0) is 12.8. The minimum absolute atomic E-state index is 0.365. The minimum atomic E-state index is -0.365. The molecule has 0 aromatic rings. The summed E-state index contributed by atoms with van der Waals surface area (Å²) in [6.45, 7) is 4.45. The van der Waals surface area contributed by atoms with Crippen molar-refractivity contribution in [2.45, 2.75) is 57.0 Å². The number of β-amino-alcohol motifs (C(OH)–C–C–N with tert-alkyl or cyclic N) is 1. The van der Waals surface area contributed by atoms with E-state index in [9.17, 15) is 5.11 Å². The predicted octanol–water partition coefficient (Wildman–Crippen LogP) is 2.00. The van der Waals surface area contributed by atoms with E-state index >= 15 is 0 Å². The van der Waals surface area contributed by atoms with E-state index in [0.29, 0.717) is 0 Å². The van der Waals surface area contributed by atoms with Crippen LogP contribution in [-0.2, 0) is 0 Å². The summed E-state index contributed by atoms with van der Waals surface area (Å²) in [5.41, 5.74) is -0.365. The molecule has 1 saturated carbocycles. The lowest BCUT2D eigenvalue weighted by Gasteiger charge is -2.40. The molecule has 0 radical (unpaired) electrons. The lowest BCUT2D eigenvalue weighted by Crippen LogP contribution is -2.47. The van der Waals surface area contributed by atoms with Gasteiger partial charge in [-0.25, -0.2) is 0 Å². The highest BCUT2D eigenvalue weighted by Crippen LogP contribution is 2.30. The summed E-state index contributed by atoms with van der Waals surface area (Å²) in [5.74, 6) is 0.898. The third kappa shape index (κ3) is 4.22. The zero-order valence-electron chi connectivity index (χ0n) is 12.0. The summed E-state index contributed by atoms with van der Waals surface area (Å²) in [7, 11) is 2.04. The van der Waals surface area contributed by atoms with E-state index < -0.39 is 0 Å². The number of piperidine rings is 1. The fourth-order valence-corrected chi connectivity index (χ4v) is 3.57. The maximum atomic E-state index is 10.6. The van der Waals surface area contributed by atoms with E-state index in [2.05, 4.69) is 10.2 Å². The van der Waals surface area contributed by atoms with Crippen LogP contribution in [0, 0.1) is 5.92 Å². The first-order chi connectivity index (χ1) is 8.72. The predicted molar refractivity (Wildman–Crippen MR) is 75.7 cm³/mol. The van der Waals surface area contributed by atoms with Gasteiger partial charge in [-0.3, -0.25) is 0 Å². The maximum Gasteiger partial charge on any atom is 0.0774 e. The Morgan fingerprint density at radius 3 is 2.44 bits per heavy atom. The Hall–Kier alpha value is -0.120. The third-order valence-electron chi connectivity index (χ3n) is 4.81. The SMILES string of the molecule is CNCCC1CCN(CC2(O)CCCCC2)CC1. The molecule has 2 aliphatic rings. The van der Waals surface area contributed by atoms with Gasteiger partial charge in [-0.15, -0.1) is 0 Å². The average Bonchev–Trinajstić information content (AvgIpc) is 2.38. The number of aliphatic hydroxyl groups is 1. The highest BCUT2D eigenvalue weighted by atomic mass is 16.3. The van der Waals surface area contributed by atoms with Crippen molar-refractivity contribution in [1.29, 1.82) is 0 Å². The van der Waals surface area contributed by atoms with Crippen LogP contribution >= 0.6 is 0 Å². The van der Waals surface area contributed by atoms with Crippen LogP contribution in [0.25, 0.3) is 0 Å². The Labute approximate surface area is 112 Å². The van der Waals surface area contributed by atoms with Crippen molar-refractivity contribution >= 4 is 0 Å². The molecule has 1 heterocycles. The van der Waals surface area contributed by atoms with Crippen molar-refractivity contribution in [3.8, 4) is 0 Å². The maximum absolute atomic E-state index is 10.6. The number of rotatable bonds is 5. The number of hydrogen-bond acceptors (Lipinski definition) is 3. The van der Waals surface area contributed by atoms with Crippen LogP contribution in [-0.4, -0.2) is 48.8 Å². The third-order valence-corrected chi connectivity index (χ3v) is 4.81. The van der Waals surface area contributed by atoms with Gasteiger partial charge in [-0.1, -0.05) is 19.3 Å². The number of likely N-dealkylation sites (tertiary alicyclic amines) is 1. The van der Waals surface area contributed by atoms with Gasteiger partial charge >= 0.3 is 0 Å². The Morgan fingerprint density at radius 1 is 1.17 bits per heavy atom. The molecule has 0 spiro atoms. The van der Waals surface area contributed by atoms with Crippen molar-refractivity contribution < 1.29 is 5.11 Å². The first-order valence-electron chi connectivity index (χ1n) is 7.81. The second-order valence-corrected chi connectivity index (χ2v) is 6.40. The van der Waals surface area contributed by atoms with E-state index in [1.807, 2.05) is 7.05 Å². The van der Waals surface area contributed by atoms with Crippen LogP contribution < -0.4 is 5.32 Å². The van der Waals surface area contributed by atoms with Gasteiger partial charge in [-0.05, 0) is 64.7 Å². The molecule has 0 bridgehead atoms. The molecule has 3 heteroatoms. The van der Waals surface area contributed by atoms with Gasteiger partial charge in [0, 0.05) is 6.54 Å². The van der Waals surface area contributed by atoms with Crippen molar-refractivity contribution in [2.75, 3.05) is 33.2 Å². The highest BCUT2D eigenvalue weighted by molar-refractivity contribution is 4.87. The fourth-order valence-electron chi connectivity index (χ4n) is 3.57. The van der Waals surface area contributed by atoms with E-state index in [0.717, 1.165) is 31.8 Å². The summed E-state index contributed by atoms with van der Waals surface area (Å²) >= 11 is 0. The van der Waals surface area contributed by atoms with Crippen LogP contribution in [0.2, 0.25) is 0 Å². The molecular formula is C15H30N2O. The quantitative estimate of drug-likeness (QED) is 0.788. The summed E-state index contributed by atoms with van der Waals surface area (Å²) in [4.78, 5) is 2.50. The minimum Gasteiger partial charge on any atom is -0.389 e. The first-order valence-corrected chi connectivity index (χ1v) is 7.81. The van der Waals surface area contributed by atoms with Crippen molar-refractivity contribution in [1.82, 2.24) is 10.2 Å². The lowest BCUT2D eigenvalue weighted by atomic mass is 9.83. The number of nitrogens with zero attached hydrogens (tertiary/aromatic N) is 1. The fraction of sp³-hybridized carbons (Fsp3) is 1.00. The summed E-state index contributed by atoms with van der Waals surface area (Å²) in [5, 5.41) is 13.8. The Bertz CT molecular complexity index is 231. The molecule has 0 aromatic carbocycles. The molecule has 2 N–H and O–H groups in total. The molecule has 2 fully saturated rings. The van der Waals surface area contributed by atoms with E-state index in [-0.39, 0.29) is 5.60 Å². The second kappa shape index (κ2) is 6.88. The monoisotopic (exact) mass is 254 g/mol. The smallest absolute Gasteiger partial charge is 0.0774 e. The van der Waals surface area contributed by atoms with Gasteiger partial charge in [0.1, 0.15) is 0 Å². The first kappa shape index (κ1) is 14.3.